The van der Waals surface area contributed by atoms with E-state index in [2.05, 4.69) is 10.5 Å². The van der Waals surface area contributed by atoms with Gasteiger partial charge in [0.05, 0.1) is 0 Å². The molecule has 0 aliphatic carbocycles. The Hall–Kier alpha value is -2.26. The molecule has 9 heteroatoms. The van der Waals surface area contributed by atoms with Crippen LogP contribution in [0.2, 0.25) is 0 Å². The Labute approximate surface area is 113 Å². The first kappa shape index (κ1) is 14.2. The van der Waals surface area contributed by atoms with Crippen LogP contribution in [0.4, 0.5) is 10.1 Å². The van der Waals surface area contributed by atoms with Gasteiger partial charge in [-0.25, -0.2) is 17.9 Å². The van der Waals surface area contributed by atoms with Crippen LogP contribution in [0.1, 0.15) is 16.2 Å². The molecule has 0 fully saturated rings. The van der Waals surface area contributed by atoms with Crippen molar-refractivity contribution in [1.29, 1.82) is 0 Å². The highest BCUT2D eigenvalue weighted by molar-refractivity contribution is 7.89. The van der Waals surface area contributed by atoms with Crippen LogP contribution in [0.15, 0.2) is 33.7 Å². The number of rotatable bonds is 3. The summed E-state index contributed by atoms with van der Waals surface area (Å²) in [5.74, 6) is -1.21. The Morgan fingerprint density at radius 3 is 2.60 bits per heavy atom. The summed E-state index contributed by atoms with van der Waals surface area (Å²) in [5, 5.41) is 10.7. The smallest absolute Gasteiger partial charge is 0.277 e. The van der Waals surface area contributed by atoms with Crippen molar-refractivity contribution >= 4 is 21.6 Å². The van der Waals surface area contributed by atoms with Crippen molar-refractivity contribution in [2.75, 3.05) is 5.32 Å². The molecule has 7 nitrogen and oxygen atoms in total. The second kappa shape index (κ2) is 5.02. The van der Waals surface area contributed by atoms with E-state index < -0.39 is 26.6 Å². The standard InChI is InChI=1S/C11H10FN3O4S/c1-6-4-9(15-19-6)11(16)14-7-2-3-10(8(12)5-7)20(13,17)18/h2-5H,1H3,(H,14,16)(H2,13,17,18). The van der Waals surface area contributed by atoms with E-state index in [9.17, 15) is 17.6 Å². The maximum atomic E-state index is 13.6. The summed E-state index contributed by atoms with van der Waals surface area (Å²) >= 11 is 0. The molecule has 20 heavy (non-hydrogen) atoms. The summed E-state index contributed by atoms with van der Waals surface area (Å²) in [4.78, 5) is 11.1. The molecular weight excluding hydrogens is 289 g/mol. The van der Waals surface area contributed by atoms with Crippen molar-refractivity contribution in [2.45, 2.75) is 11.8 Å². The highest BCUT2D eigenvalue weighted by atomic mass is 32.2. The third-order valence-corrected chi connectivity index (χ3v) is 3.30. The van der Waals surface area contributed by atoms with Crippen LogP contribution >= 0.6 is 0 Å². The van der Waals surface area contributed by atoms with Crippen LogP contribution in [0, 0.1) is 12.7 Å². The number of aromatic nitrogens is 1. The largest absolute Gasteiger partial charge is 0.361 e. The lowest BCUT2D eigenvalue weighted by Crippen LogP contribution is -2.15. The zero-order chi connectivity index (χ0) is 14.9. The van der Waals surface area contributed by atoms with E-state index in [0.717, 1.165) is 12.1 Å². The van der Waals surface area contributed by atoms with Gasteiger partial charge in [0.15, 0.2) is 5.69 Å². The number of benzene rings is 1. The highest BCUT2D eigenvalue weighted by Crippen LogP contribution is 2.18. The summed E-state index contributed by atoms with van der Waals surface area (Å²) in [6.07, 6.45) is 0. The maximum absolute atomic E-state index is 13.6. The molecule has 0 saturated heterocycles. The van der Waals surface area contributed by atoms with E-state index in [1.807, 2.05) is 0 Å². The van der Waals surface area contributed by atoms with Gasteiger partial charge >= 0.3 is 0 Å². The van der Waals surface area contributed by atoms with Crippen LogP contribution in [0.25, 0.3) is 0 Å². The molecule has 0 spiro atoms. The van der Waals surface area contributed by atoms with Gasteiger partial charge in [0.2, 0.25) is 10.0 Å². The van der Waals surface area contributed by atoms with Crippen molar-refractivity contribution in [1.82, 2.24) is 5.16 Å². The Morgan fingerprint density at radius 2 is 2.10 bits per heavy atom. The molecule has 0 aliphatic heterocycles. The number of anilines is 1. The van der Waals surface area contributed by atoms with E-state index in [0.29, 0.717) is 5.76 Å². The summed E-state index contributed by atoms with van der Waals surface area (Å²) in [6, 6.07) is 4.44. The molecule has 2 rings (SSSR count). The predicted molar refractivity (Wildman–Crippen MR) is 67.0 cm³/mol. The zero-order valence-corrected chi connectivity index (χ0v) is 11.1. The monoisotopic (exact) mass is 299 g/mol. The Balaban J connectivity index is 2.23. The topological polar surface area (TPSA) is 115 Å². The minimum Gasteiger partial charge on any atom is -0.361 e. The van der Waals surface area contributed by atoms with Crippen LogP contribution in [0.3, 0.4) is 0 Å². The first-order chi connectivity index (χ1) is 9.27. The molecule has 0 saturated carbocycles. The van der Waals surface area contributed by atoms with Gasteiger partial charge in [-0.3, -0.25) is 4.79 Å². The predicted octanol–water partition coefficient (Wildman–Crippen LogP) is 1.02. The normalized spacial score (nSPS) is 11.3. The number of nitrogens with one attached hydrogen (secondary N) is 1. The molecule has 0 atom stereocenters. The van der Waals surface area contributed by atoms with Gasteiger partial charge < -0.3 is 9.84 Å². The lowest BCUT2D eigenvalue weighted by Gasteiger charge is -2.05. The highest BCUT2D eigenvalue weighted by Gasteiger charge is 2.16. The molecular formula is C11H10FN3O4S. The Morgan fingerprint density at radius 1 is 1.40 bits per heavy atom. The first-order valence-electron chi connectivity index (χ1n) is 5.34. The number of sulfonamides is 1. The van der Waals surface area contributed by atoms with Crippen LogP contribution in [0.5, 0.6) is 0 Å². The maximum Gasteiger partial charge on any atom is 0.277 e. The minimum absolute atomic E-state index is 0.0263. The molecule has 0 aliphatic rings. The van der Waals surface area contributed by atoms with Crippen LogP contribution < -0.4 is 10.5 Å². The summed E-state index contributed by atoms with van der Waals surface area (Å²) in [5.41, 5.74) is 0.0963. The number of hydrogen-bond acceptors (Lipinski definition) is 5. The molecule has 106 valence electrons. The van der Waals surface area contributed by atoms with E-state index in [-0.39, 0.29) is 11.4 Å². The number of aryl methyl sites for hydroxylation is 1. The third kappa shape index (κ3) is 3.00. The molecule has 0 unspecified atom stereocenters. The number of nitrogens with two attached hydrogens (primary N) is 1. The molecule has 0 bridgehead atoms. The minimum atomic E-state index is -4.14. The average molecular weight is 299 g/mol. The second-order valence-electron chi connectivity index (χ2n) is 3.97. The van der Waals surface area contributed by atoms with Crippen LogP contribution in [-0.4, -0.2) is 19.5 Å². The molecule has 1 aromatic heterocycles. The molecule has 1 amide bonds. The number of primary sulfonamides is 1. The lowest BCUT2D eigenvalue weighted by molar-refractivity contribution is 0.101. The molecule has 2 aromatic rings. The van der Waals surface area contributed by atoms with Crippen molar-refractivity contribution in [3.05, 3.63) is 41.5 Å². The Kier molecular flexibility index (Phi) is 3.55. The van der Waals surface area contributed by atoms with Crippen molar-refractivity contribution < 1.29 is 22.1 Å². The summed E-state index contributed by atoms with van der Waals surface area (Å²) < 4.78 is 40.4. The van der Waals surface area contributed by atoms with E-state index in [4.69, 9.17) is 9.66 Å². The fourth-order valence-corrected chi connectivity index (χ4v) is 2.07. The van der Waals surface area contributed by atoms with E-state index in [1.165, 1.54) is 12.1 Å². The number of hydrogen-bond donors (Lipinski definition) is 2. The van der Waals surface area contributed by atoms with Gasteiger partial charge in [0, 0.05) is 11.8 Å². The molecule has 1 aromatic carbocycles. The van der Waals surface area contributed by atoms with Gasteiger partial charge in [-0.05, 0) is 25.1 Å². The Bertz CT molecular complexity index is 770. The fourth-order valence-electron chi connectivity index (χ4n) is 1.48. The van der Waals surface area contributed by atoms with Gasteiger partial charge in [0.25, 0.3) is 5.91 Å². The lowest BCUT2D eigenvalue weighted by atomic mass is 10.3. The molecule has 1 heterocycles. The second-order valence-corrected chi connectivity index (χ2v) is 5.50. The first-order valence-corrected chi connectivity index (χ1v) is 6.89. The number of carbonyl (C=O) groups is 1. The number of carbonyl (C=O) groups excluding carboxylic acids is 1. The quantitative estimate of drug-likeness (QED) is 0.878. The zero-order valence-electron chi connectivity index (χ0n) is 10.3. The van der Waals surface area contributed by atoms with Gasteiger partial charge in [-0.15, -0.1) is 0 Å². The SMILES string of the molecule is Cc1cc(C(=O)Nc2ccc(S(N)(=O)=O)c(F)c2)no1. The fraction of sp³-hybridized carbons (Fsp3) is 0.0909. The van der Waals surface area contributed by atoms with E-state index in [1.54, 1.807) is 6.92 Å². The van der Waals surface area contributed by atoms with E-state index >= 15 is 0 Å². The van der Waals surface area contributed by atoms with Gasteiger partial charge in [-0.1, -0.05) is 5.16 Å². The van der Waals surface area contributed by atoms with Gasteiger partial charge in [0.1, 0.15) is 16.5 Å². The number of halogens is 1. The summed E-state index contributed by atoms with van der Waals surface area (Å²) in [6.45, 7) is 1.62. The average Bonchev–Trinajstić information content (AvgIpc) is 2.74. The molecule has 3 N–H and O–H groups in total. The van der Waals surface area contributed by atoms with Crippen molar-refractivity contribution in [2.24, 2.45) is 5.14 Å². The molecule has 0 radical (unpaired) electrons. The third-order valence-electron chi connectivity index (χ3n) is 2.36. The van der Waals surface area contributed by atoms with Crippen LogP contribution in [-0.2, 0) is 10.0 Å². The summed E-state index contributed by atoms with van der Waals surface area (Å²) in [7, 11) is -4.14. The van der Waals surface area contributed by atoms with Crippen molar-refractivity contribution in [3.63, 3.8) is 0 Å². The van der Waals surface area contributed by atoms with Crippen molar-refractivity contribution in [3.8, 4) is 0 Å². The number of amides is 1. The number of nitrogens with zero attached hydrogens (tertiary/aromatic N) is 1. The van der Waals surface area contributed by atoms with Gasteiger partial charge in [-0.2, -0.15) is 0 Å².